The molecular weight excluding hydrogens is 270 g/mol. The Balaban J connectivity index is 2.45. The molecule has 4 N–H and O–H groups in total. The highest BCUT2D eigenvalue weighted by Gasteiger charge is 2.22. The van der Waals surface area contributed by atoms with E-state index in [0.29, 0.717) is 16.7 Å². The largest absolute Gasteiger partial charge is 0.507 e. The third-order valence-corrected chi connectivity index (χ3v) is 3.12. The van der Waals surface area contributed by atoms with E-state index in [4.69, 9.17) is 10.8 Å². The van der Waals surface area contributed by atoms with Gasteiger partial charge in [0.2, 0.25) is 0 Å². The SMILES string of the molecule is N[C@@H](CC(=O)O)C(=O)c1ccccc1-c1ccccc1O. The van der Waals surface area contributed by atoms with Crippen LogP contribution in [0.15, 0.2) is 48.5 Å². The third-order valence-electron chi connectivity index (χ3n) is 3.12. The Morgan fingerprint density at radius 3 is 2.19 bits per heavy atom. The van der Waals surface area contributed by atoms with E-state index in [1.165, 1.54) is 6.07 Å². The van der Waals surface area contributed by atoms with Gasteiger partial charge in [0.15, 0.2) is 5.78 Å². The fourth-order valence-electron chi connectivity index (χ4n) is 2.11. The summed E-state index contributed by atoms with van der Waals surface area (Å²) in [5.74, 6) is -1.54. The first-order valence-electron chi connectivity index (χ1n) is 6.39. The Morgan fingerprint density at radius 2 is 1.57 bits per heavy atom. The molecule has 0 aromatic heterocycles. The number of benzene rings is 2. The number of nitrogens with two attached hydrogens (primary N) is 1. The molecule has 0 bridgehead atoms. The maximum atomic E-state index is 12.3. The van der Waals surface area contributed by atoms with Gasteiger partial charge >= 0.3 is 5.97 Å². The minimum Gasteiger partial charge on any atom is -0.507 e. The van der Waals surface area contributed by atoms with E-state index in [2.05, 4.69) is 0 Å². The number of rotatable bonds is 5. The van der Waals surface area contributed by atoms with Crippen LogP contribution in [0.1, 0.15) is 16.8 Å². The number of carboxylic acids is 1. The molecule has 5 heteroatoms. The molecule has 0 fully saturated rings. The van der Waals surface area contributed by atoms with Crippen LogP contribution in [0.25, 0.3) is 11.1 Å². The van der Waals surface area contributed by atoms with Crippen LogP contribution in [-0.4, -0.2) is 28.0 Å². The molecule has 0 saturated heterocycles. The van der Waals surface area contributed by atoms with Crippen molar-refractivity contribution in [3.63, 3.8) is 0 Å². The number of carboxylic acid groups (broad SMARTS) is 1. The fraction of sp³-hybridized carbons (Fsp3) is 0.125. The number of ketones is 1. The van der Waals surface area contributed by atoms with Crippen molar-refractivity contribution in [1.29, 1.82) is 0 Å². The maximum absolute atomic E-state index is 12.3. The number of carbonyl (C=O) groups excluding carboxylic acids is 1. The second kappa shape index (κ2) is 6.19. The van der Waals surface area contributed by atoms with Gasteiger partial charge in [-0.05, 0) is 11.6 Å². The summed E-state index contributed by atoms with van der Waals surface area (Å²) in [6, 6.07) is 12.2. The predicted molar refractivity (Wildman–Crippen MR) is 78.1 cm³/mol. The van der Waals surface area contributed by atoms with Crippen LogP contribution in [0.2, 0.25) is 0 Å². The third kappa shape index (κ3) is 3.27. The summed E-state index contributed by atoms with van der Waals surface area (Å²) in [4.78, 5) is 23.0. The van der Waals surface area contributed by atoms with Crippen LogP contribution < -0.4 is 5.73 Å². The number of para-hydroxylation sites is 1. The first-order valence-corrected chi connectivity index (χ1v) is 6.39. The lowest BCUT2D eigenvalue weighted by Crippen LogP contribution is -2.33. The molecule has 0 amide bonds. The molecule has 0 saturated carbocycles. The van der Waals surface area contributed by atoms with Crippen LogP contribution in [0.5, 0.6) is 5.75 Å². The monoisotopic (exact) mass is 285 g/mol. The lowest BCUT2D eigenvalue weighted by Gasteiger charge is -2.13. The summed E-state index contributed by atoms with van der Waals surface area (Å²) in [7, 11) is 0. The van der Waals surface area contributed by atoms with Crippen LogP contribution in [0.4, 0.5) is 0 Å². The number of aromatic hydroxyl groups is 1. The van der Waals surface area contributed by atoms with Crippen LogP contribution in [0, 0.1) is 0 Å². The quantitative estimate of drug-likeness (QED) is 0.730. The molecule has 0 aliphatic heterocycles. The molecule has 0 aliphatic rings. The van der Waals surface area contributed by atoms with Crippen LogP contribution >= 0.6 is 0 Å². The van der Waals surface area contributed by atoms with Gasteiger partial charge < -0.3 is 15.9 Å². The van der Waals surface area contributed by atoms with Crippen LogP contribution in [0.3, 0.4) is 0 Å². The highest BCUT2D eigenvalue weighted by atomic mass is 16.4. The van der Waals surface area contributed by atoms with E-state index < -0.39 is 24.2 Å². The number of phenolic OH excluding ortho intramolecular Hbond substituents is 1. The molecule has 2 aromatic rings. The van der Waals surface area contributed by atoms with Crippen molar-refractivity contribution < 1.29 is 19.8 Å². The standard InChI is InChI=1S/C16H15NO4/c17-13(9-15(19)20)16(21)12-7-2-1-5-10(12)11-6-3-4-8-14(11)18/h1-8,13,18H,9,17H2,(H,19,20)/t13-/m0/s1. The van der Waals surface area contributed by atoms with Gasteiger partial charge in [0.25, 0.3) is 0 Å². The molecule has 2 aromatic carbocycles. The molecule has 0 unspecified atom stereocenters. The summed E-state index contributed by atoms with van der Waals surface area (Å²) < 4.78 is 0. The summed E-state index contributed by atoms with van der Waals surface area (Å²) in [6.45, 7) is 0. The lowest BCUT2D eigenvalue weighted by molar-refractivity contribution is -0.137. The number of carbonyl (C=O) groups is 2. The van der Waals surface area contributed by atoms with Crippen molar-refractivity contribution in [1.82, 2.24) is 0 Å². The maximum Gasteiger partial charge on any atom is 0.305 e. The molecule has 0 spiro atoms. The molecule has 5 nitrogen and oxygen atoms in total. The van der Waals surface area contributed by atoms with Gasteiger partial charge in [-0.25, -0.2) is 0 Å². The highest BCUT2D eigenvalue weighted by molar-refractivity contribution is 6.06. The molecule has 1 atom stereocenters. The molecular formula is C16H15NO4. The lowest BCUT2D eigenvalue weighted by atomic mass is 9.93. The average Bonchev–Trinajstić information content (AvgIpc) is 2.46. The Morgan fingerprint density at radius 1 is 1.00 bits per heavy atom. The molecule has 0 radical (unpaired) electrons. The van der Waals surface area contributed by atoms with Gasteiger partial charge in [0, 0.05) is 11.1 Å². The minimum absolute atomic E-state index is 0.0459. The number of Topliss-reactive ketones (excluding diaryl/α,β-unsaturated/α-hetero) is 1. The second-order valence-electron chi connectivity index (χ2n) is 4.63. The fourth-order valence-corrected chi connectivity index (χ4v) is 2.11. The summed E-state index contributed by atoms with van der Waals surface area (Å²) >= 11 is 0. The Kier molecular flexibility index (Phi) is 4.35. The van der Waals surface area contributed by atoms with E-state index in [0.717, 1.165) is 0 Å². The van der Waals surface area contributed by atoms with Gasteiger partial charge in [-0.2, -0.15) is 0 Å². The van der Waals surface area contributed by atoms with Gasteiger partial charge in [-0.1, -0.05) is 42.5 Å². The number of phenols is 1. The van der Waals surface area contributed by atoms with Crippen LogP contribution in [-0.2, 0) is 4.79 Å². The van der Waals surface area contributed by atoms with E-state index >= 15 is 0 Å². The topological polar surface area (TPSA) is 101 Å². The number of hydrogen-bond acceptors (Lipinski definition) is 4. The van der Waals surface area contributed by atoms with E-state index in [-0.39, 0.29) is 5.75 Å². The van der Waals surface area contributed by atoms with Crippen molar-refractivity contribution in [3.05, 3.63) is 54.1 Å². The zero-order chi connectivity index (χ0) is 15.4. The molecule has 2 rings (SSSR count). The Hall–Kier alpha value is -2.66. The zero-order valence-corrected chi connectivity index (χ0v) is 11.2. The summed E-state index contributed by atoms with van der Waals surface area (Å²) in [5, 5.41) is 18.7. The van der Waals surface area contributed by atoms with Gasteiger partial charge in [-0.3, -0.25) is 9.59 Å². The Labute approximate surface area is 121 Å². The first kappa shape index (κ1) is 14.7. The smallest absolute Gasteiger partial charge is 0.305 e. The van der Waals surface area contributed by atoms with Crippen molar-refractivity contribution in [2.75, 3.05) is 0 Å². The minimum atomic E-state index is -1.13. The summed E-state index contributed by atoms with van der Waals surface area (Å²) in [6.07, 6.45) is -0.437. The predicted octanol–water partition coefficient (Wildman–Crippen LogP) is 2.04. The molecule has 0 heterocycles. The van der Waals surface area contributed by atoms with E-state index in [1.54, 1.807) is 42.5 Å². The van der Waals surface area contributed by atoms with Crippen molar-refractivity contribution in [3.8, 4) is 16.9 Å². The normalized spacial score (nSPS) is 11.9. The first-order chi connectivity index (χ1) is 10.0. The molecule has 0 aliphatic carbocycles. The highest BCUT2D eigenvalue weighted by Crippen LogP contribution is 2.31. The van der Waals surface area contributed by atoms with Gasteiger partial charge in [0.05, 0.1) is 12.5 Å². The zero-order valence-electron chi connectivity index (χ0n) is 11.2. The van der Waals surface area contributed by atoms with Crippen molar-refractivity contribution >= 4 is 11.8 Å². The number of hydrogen-bond donors (Lipinski definition) is 3. The summed E-state index contributed by atoms with van der Waals surface area (Å²) in [5.41, 5.74) is 6.97. The Bertz CT molecular complexity index is 681. The average molecular weight is 285 g/mol. The number of aliphatic carboxylic acids is 1. The molecule has 21 heavy (non-hydrogen) atoms. The second-order valence-corrected chi connectivity index (χ2v) is 4.63. The van der Waals surface area contributed by atoms with E-state index in [9.17, 15) is 14.7 Å². The van der Waals surface area contributed by atoms with E-state index in [1.807, 2.05) is 0 Å². The van der Waals surface area contributed by atoms with Crippen molar-refractivity contribution in [2.45, 2.75) is 12.5 Å². The van der Waals surface area contributed by atoms with Crippen molar-refractivity contribution in [2.24, 2.45) is 5.73 Å². The molecule has 108 valence electrons. The van der Waals surface area contributed by atoms with Gasteiger partial charge in [-0.15, -0.1) is 0 Å². The van der Waals surface area contributed by atoms with Gasteiger partial charge in [0.1, 0.15) is 5.75 Å².